The number of benzene rings is 2. The summed E-state index contributed by atoms with van der Waals surface area (Å²) in [6.45, 7) is 4.51. The molecule has 0 spiro atoms. The summed E-state index contributed by atoms with van der Waals surface area (Å²) in [6, 6.07) is 13.3. The minimum absolute atomic E-state index is 0.0148. The van der Waals surface area contributed by atoms with E-state index < -0.39 is 0 Å². The van der Waals surface area contributed by atoms with Crippen molar-refractivity contribution >= 4 is 28.3 Å². The number of carbonyl (C=O) groups excluding carboxylic acids is 1. The number of nitrogens with two attached hydrogens (primary N) is 1. The zero-order valence-electron chi connectivity index (χ0n) is 22.1. The molecule has 1 fully saturated rings. The van der Waals surface area contributed by atoms with E-state index >= 15 is 0 Å². The first-order valence-corrected chi connectivity index (χ1v) is 13.2. The van der Waals surface area contributed by atoms with Crippen LogP contribution < -0.4 is 21.3 Å². The van der Waals surface area contributed by atoms with Crippen molar-refractivity contribution in [2.75, 3.05) is 17.7 Å². The number of aromatic nitrogens is 4. The number of aryl methyl sites for hydroxylation is 2. The van der Waals surface area contributed by atoms with Gasteiger partial charge in [-0.15, -0.1) is 0 Å². The lowest BCUT2D eigenvalue weighted by Gasteiger charge is -2.34. The summed E-state index contributed by atoms with van der Waals surface area (Å²) in [5, 5.41) is 7.48. The largest absolute Gasteiger partial charge is 0.493 e. The van der Waals surface area contributed by atoms with Gasteiger partial charge in [0.15, 0.2) is 5.52 Å². The van der Waals surface area contributed by atoms with E-state index in [1.165, 1.54) is 0 Å². The van der Waals surface area contributed by atoms with E-state index in [2.05, 4.69) is 28.4 Å². The number of aromatic amines is 1. The Morgan fingerprint density at radius 2 is 2.00 bits per heavy atom. The number of H-pyrrole nitrogens is 1. The summed E-state index contributed by atoms with van der Waals surface area (Å²) < 4.78 is 7.50. The molecule has 9 heteroatoms. The van der Waals surface area contributed by atoms with Crippen LogP contribution in [0.15, 0.2) is 47.3 Å². The molecule has 2 aromatic heterocycles. The van der Waals surface area contributed by atoms with Gasteiger partial charge in [0.25, 0.3) is 5.56 Å². The molecule has 4 N–H and O–H groups in total. The molecule has 4 aromatic rings. The molecule has 0 bridgehead atoms. The van der Waals surface area contributed by atoms with Crippen LogP contribution in [0.4, 0.5) is 11.4 Å². The average Bonchev–Trinajstić information content (AvgIpc) is 3.19. The van der Waals surface area contributed by atoms with E-state index in [-0.39, 0.29) is 17.4 Å². The fourth-order valence-electron chi connectivity index (χ4n) is 5.25. The summed E-state index contributed by atoms with van der Waals surface area (Å²) in [4.78, 5) is 33.5. The number of anilines is 2. The summed E-state index contributed by atoms with van der Waals surface area (Å²) in [6.07, 6.45) is 4.13. The van der Waals surface area contributed by atoms with Crippen molar-refractivity contribution < 1.29 is 9.53 Å². The molecule has 1 saturated carbocycles. The number of amides is 1. The minimum atomic E-state index is -0.220. The SMILES string of the molecule is CCCc1nn(C)c2c(=O)[nH]c(-c3cc(C[C@H]4C[C@@H](C(=O)Nc5ccccc5N)C4)ccc3OCC)nc12. The number of fused-ring (bicyclic) bond motifs is 1. The van der Waals surface area contributed by atoms with Crippen LogP contribution in [0.3, 0.4) is 0 Å². The Hall–Kier alpha value is -4.14. The van der Waals surface area contributed by atoms with Gasteiger partial charge in [0, 0.05) is 13.0 Å². The molecule has 2 aromatic carbocycles. The summed E-state index contributed by atoms with van der Waals surface area (Å²) in [5.74, 6) is 1.54. The number of para-hydroxylation sites is 2. The van der Waals surface area contributed by atoms with Crippen LogP contribution in [-0.2, 0) is 24.7 Å². The van der Waals surface area contributed by atoms with Crippen LogP contribution in [0, 0.1) is 11.8 Å². The fraction of sp³-hybridized carbons (Fsp3) is 0.379. The molecule has 9 nitrogen and oxygen atoms in total. The molecule has 1 amide bonds. The normalized spacial score (nSPS) is 16.8. The van der Waals surface area contributed by atoms with Gasteiger partial charge >= 0.3 is 0 Å². The van der Waals surface area contributed by atoms with E-state index in [0.717, 1.165) is 48.9 Å². The van der Waals surface area contributed by atoms with Gasteiger partial charge in [-0.2, -0.15) is 5.10 Å². The number of rotatable bonds is 9. The van der Waals surface area contributed by atoms with Crippen molar-refractivity contribution in [3.8, 4) is 17.1 Å². The van der Waals surface area contributed by atoms with Gasteiger partial charge in [-0.25, -0.2) is 4.98 Å². The third-order valence-corrected chi connectivity index (χ3v) is 7.20. The summed E-state index contributed by atoms with van der Waals surface area (Å²) in [7, 11) is 1.77. The second-order valence-corrected chi connectivity index (χ2v) is 10.0. The molecule has 38 heavy (non-hydrogen) atoms. The summed E-state index contributed by atoms with van der Waals surface area (Å²) >= 11 is 0. The molecule has 0 saturated heterocycles. The van der Waals surface area contributed by atoms with Crippen molar-refractivity contribution in [2.45, 2.75) is 46.0 Å². The lowest BCUT2D eigenvalue weighted by atomic mass is 9.71. The Kier molecular flexibility index (Phi) is 7.18. The van der Waals surface area contributed by atoms with E-state index in [9.17, 15) is 9.59 Å². The summed E-state index contributed by atoms with van der Waals surface area (Å²) in [5.41, 5.74) is 10.8. The predicted molar refractivity (Wildman–Crippen MR) is 149 cm³/mol. The second kappa shape index (κ2) is 10.7. The van der Waals surface area contributed by atoms with Crippen molar-refractivity contribution in [1.29, 1.82) is 0 Å². The maximum atomic E-state index is 13.0. The van der Waals surface area contributed by atoms with Crippen LogP contribution in [0.2, 0.25) is 0 Å². The van der Waals surface area contributed by atoms with E-state index in [4.69, 9.17) is 15.5 Å². The highest BCUT2D eigenvalue weighted by molar-refractivity contribution is 5.95. The maximum Gasteiger partial charge on any atom is 0.277 e. The second-order valence-electron chi connectivity index (χ2n) is 10.0. The maximum absolute atomic E-state index is 13.0. The van der Waals surface area contributed by atoms with Gasteiger partial charge in [0.2, 0.25) is 5.91 Å². The van der Waals surface area contributed by atoms with Gasteiger partial charge in [0.1, 0.15) is 17.1 Å². The Balaban J connectivity index is 1.35. The molecular formula is C29H34N6O3. The highest BCUT2D eigenvalue weighted by atomic mass is 16.5. The van der Waals surface area contributed by atoms with Crippen molar-refractivity contribution in [3.05, 3.63) is 64.1 Å². The lowest BCUT2D eigenvalue weighted by Crippen LogP contribution is -2.35. The van der Waals surface area contributed by atoms with E-state index in [1.54, 1.807) is 17.8 Å². The highest BCUT2D eigenvalue weighted by Gasteiger charge is 2.34. The molecule has 0 unspecified atom stereocenters. The van der Waals surface area contributed by atoms with Gasteiger partial charge in [0.05, 0.1) is 29.2 Å². The third-order valence-electron chi connectivity index (χ3n) is 7.20. The first-order chi connectivity index (χ1) is 18.4. The number of hydrogen-bond donors (Lipinski definition) is 3. The quantitative estimate of drug-likeness (QED) is 0.283. The Labute approximate surface area is 221 Å². The molecule has 0 atom stereocenters. The van der Waals surface area contributed by atoms with Crippen molar-refractivity contribution in [1.82, 2.24) is 19.7 Å². The van der Waals surface area contributed by atoms with Gasteiger partial charge < -0.3 is 20.8 Å². The van der Waals surface area contributed by atoms with Crippen LogP contribution >= 0.6 is 0 Å². The van der Waals surface area contributed by atoms with Crippen molar-refractivity contribution in [3.63, 3.8) is 0 Å². The Bertz CT molecular complexity index is 1530. The number of carbonyl (C=O) groups is 1. The fourth-order valence-corrected chi connectivity index (χ4v) is 5.25. The number of nitrogens with one attached hydrogen (secondary N) is 2. The molecular weight excluding hydrogens is 480 g/mol. The van der Waals surface area contributed by atoms with Gasteiger partial charge in [-0.05, 0) is 68.4 Å². The molecule has 0 aliphatic heterocycles. The number of nitrogen functional groups attached to an aromatic ring is 1. The van der Waals surface area contributed by atoms with Gasteiger partial charge in [-0.1, -0.05) is 31.5 Å². The van der Waals surface area contributed by atoms with Crippen LogP contribution in [0.1, 0.15) is 44.4 Å². The van der Waals surface area contributed by atoms with Crippen LogP contribution in [0.5, 0.6) is 5.75 Å². The molecule has 1 aliphatic carbocycles. The average molecular weight is 515 g/mol. The lowest BCUT2D eigenvalue weighted by molar-refractivity contribution is -0.123. The molecule has 2 heterocycles. The smallest absolute Gasteiger partial charge is 0.277 e. The molecule has 5 rings (SSSR count). The Morgan fingerprint density at radius 3 is 2.74 bits per heavy atom. The standard InChI is InChI=1S/C29H34N6O3/c1-4-8-23-25-26(35(3)34-23)29(37)33-27(32-25)20-16-17(11-12-24(20)38-5-2)13-18-14-19(15-18)28(36)31-22-10-7-6-9-21(22)30/h6-7,9-12,16,18-19H,4-5,8,13-15,30H2,1-3H3,(H,31,36)(H,32,33,37)/t18-,19+. The molecule has 1 aliphatic rings. The molecule has 198 valence electrons. The van der Waals surface area contributed by atoms with Crippen LogP contribution in [-0.4, -0.2) is 32.3 Å². The third kappa shape index (κ3) is 5.01. The minimum Gasteiger partial charge on any atom is -0.493 e. The number of nitrogens with zero attached hydrogens (tertiary/aromatic N) is 3. The van der Waals surface area contributed by atoms with Gasteiger partial charge in [-0.3, -0.25) is 14.3 Å². The van der Waals surface area contributed by atoms with Crippen molar-refractivity contribution in [2.24, 2.45) is 18.9 Å². The Morgan fingerprint density at radius 1 is 1.21 bits per heavy atom. The number of hydrogen-bond acceptors (Lipinski definition) is 6. The topological polar surface area (TPSA) is 128 Å². The number of ether oxygens (including phenoxy) is 1. The first kappa shape index (κ1) is 25.5. The first-order valence-electron chi connectivity index (χ1n) is 13.2. The van der Waals surface area contributed by atoms with Crippen LogP contribution in [0.25, 0.3) is 22.4 Å². The molecule has 0 radical (unpaired) electrons. The van der Waals surface area contributed by atoms with E-state index in [0.29, 0.717) is 46.5 Å². The zero-order valence-corrected chi connectivity index (χ0v) is 22.1. The zero-order chi connectivity index (χ0) is 26.8. The highest BCUT2D eigenvalue weighted by Crippen LogP contribution is 2.38. The predicted octanol–water partition coefficient (Wildman–Crippen LogP) is 4.46. The monoisotopic (exact) mass is 514 g/mol. The van der Waals surface area contributed by atoms with E-state index in [1.807, 2.05) is 37.3 Å².